The Labute approximate surface area is 128 Å². The van der Waals surface area contributed by atoms with E-state index < -0.39 is 0 Å². The molecule has 1 amide bonds. The third-order valence-electron chi connectivity index (χ3n) is 3.84. The predicted octanol–water partition coefficient (Wildman–Crippen LogP) is 3.17. The predicted molar refractivity (Wildman–Crippen MR) is 86.1 cm³/mol. The second-order valence-electron chi connectivity index (χ2n) is 5.34. The van der Waals surface area contributed by atoms with E-state index in [1.54, 1.807) is 6.20 Å². The number of aryl methyl sites for hydroxylation is 1. The van der Waals surface area contributed by atoms with E-state index in [1.165, 1.54) is 29.7 Å². The Kier molecular flexibility index (Phi) is 4.31. The average molecular weight is 301 g/mol. The SMILES string of the molecule is Cc1ncc(NC(=O)c2ccc(C3CCNCC3)cc2)s1. The molecule has 1 saturated heterocycles. The van der Waals surface area contributed by atoms with Gasteiger partial charge in [-0.15, -0.1) is 11.3 Å². The van der Waals surface area contributed by atoms with Crippen molar-refractivity contribution in [1.82, 2.24) is 10.3 Å². The fraction of sp³-hybridized carbons (Fsp3) is 0.375. The number of amides is 1. The number of hydrogen-bond donors (Lipinski definition) is 2. The first-order valence-corrected chi connectivity index (χ1v) is 8.08. The highest BCUT2D eigenvalue weighted by molar-refractivity contribution is 7.15. The van der Waals surface area contributed by atoms with Crippen molar-refractivity contribution in [2.75, 3.05) is 18.4 Å². The molecule has 4 nitrogen and oxygen atoms in total. The monoisotopic (exact) mass is 301 g/mol. The van der Waals surface area contributed by atoms with Gasteiger partial charge < -0.3 is 10.6 Å². The molecule has 0 bridgehead atoms. The van der Waals surface area contributed by atoms with Gasteiger partial charge in [0.2, 0.25) is 0 Å². The van der Waals surface area contributed by atoms with Crippen LogP contribution in [0.5, 0.6) is 0 Å². The van der Waals surface area contributed by atoms with Crippen LogP contribution in [0.2, 0.25) is 0 Å². The van der Waals surface area contributed by atoms with Crippen molar-refractivity contribution in [3.05, 3.63) is 46.6 Å². The van der Waals surface area contributed by atoms with Crippen LogP contribution in [0.25, 0.3) is 0 Å². The lowest BCUT2D eigenvalue weighted by atomic mass is 9.90. The molecular weight excluding hydrogens is 282 g/mol. The summed E-state index contributed by atoms with van der Waals surface area (Å²) in [5, 5.41) is 8.00. The zero-order valence-electron chi connectivity index (χ0n) is 12.1. The first-order valence-electron chi connectivity index (χ1n) is 7.27. The molecule has 0 spiro atoms. The van der Waals surface area contributed by atoms with Crippen LogP contribution in [0.3, 0.4) is 0 Å². The van der Waals surface area contributed by atoms with Crippen LogP contribution >= 0.6 is 11.3 Å². The number of benzene rings is 1. The topological polar surface area (TPSA) is 54.0 Å². The number of rotatable bonds is 3. The normalized spacial score (nSPS) is 15.9. The third kappa shape index (κ3) is 3.49. The number of thiazole rings is 1. The fourth-order valence-corrected chi connectivity index (χ4v) is 3.34. The number of anilines is 1. The second kappa shape index (κ2) is 6.37. The van der Waals surface area contributed by atoms with Crippen LogP contribution < -0.4 is 10.6 Å². The number of carbonyl (C=O) groups excluding carboxylic acids is 1. The number of nitrogens with zero attached hydrogens (tertiary/aromatic N) is 1. The van der Waals surface area contributed by atoms with Crippen LogP contribution in [-0.4, -0.2) is 24.0 Å². The van der Waals surface area contributed by atoms with Crippen molar-refractivity contribution in [2.45, 2.75) is 25.7 Å². The lowest BCUT2D eigenvalue weighted by Gasteiger charge is -2.23. The molecule has 3 rings (SSSR count). The summed E-state index contributed by atoms with van der Waals surface area (Å²) in [5.74, 6) is 0.544. The van der Waals surface area contributed by atoms with E-state index in [-0.39, 0.29) is 5.91 Å². The van der Waals surface area contributed by atoms with E-state index in [9.17, 15) is 4.79 Å². The second-order valence-corrected chi connectivity index (χ2v) is 6.58. The van der Waals surface area contributed by atoms with Crippen molar-refractivity contribution in [3.8, 4) is 0 Å². The Hall–Kier alpha value is -1.72. The van der Waals surface area contributed by atoms with Gasteiger partial charge in [-0.1, -0.05) is 12.1 Å². The molecule has 1 aromatic heterocycles. The third-order valence-corrected chi connectivity index (χ3v) is 4.67. The van der Waals surface area contributed by atoms with Crippen LogP contribution in [0.1, 0.15) is 39.7 Å². The Morgan fingerprint density at radius 1 is 1.29 bits per heavy atom. The maximum absolute atomic E-state index is 12.2. The van der Waals surface area contributed by atoms with Gasteiger partial charge >= 0.3 is 0 Å². The van der Waals surface area contributed by atoms with Crippen molar-refractivity contribution in [2.24, 2.45) is 0 Å². The van der Waals surface area contributed by atoms with Gasteiger partial charge in [0.25, 0.3) is 5.91 Å². The molecule has 5 heteroatoms. The van der Waals surface area contributed by atoms with Crippen LogP contribution in [0.15, 0.2) is 30.5 Å². The first kappa shape index (κ1) is 14.2. The quantitative estimate of drug-likeness (QED) is 0.915. The summed E-state index contributed by atoms with van der Waals surface area (Å²) in [6.07, 6.45) is 4.04. The number of nitrogens with one attached hydrogen (secondary N) is 2. The molecule has 2 aromatic rings. The first-order chi connectivity index (χ1) is 10.2. The van der Waals surface area contributed by atoms with E-state index in [1.807, 2.05) is 19.1 Å². The molecule has 0 unspecified atom stereocenters. The molecule has 2 N–H and O–H groups in total. The van der Waals surface area contributed by atoms with Gasteiger partial charge in [-0.25, -0.2) is 4.98 Å². The van der Waals surface area contributed by atoms with Gasteiger partial charge in [-0.05, 0) is 56.5 Å². The maximum atomic E-state index is 12.2. The van der Waals surface area contributed by atoms with Gasteiger partial charge in [0.15, 0.2) is 0 Å². The highest BCUT2D eigenvalue weighted by atomic mass is 32.1. The van der Waals surface area contributed by atoms with Gasteiger partial charge in [0, 0.05) is 5.56 Å². The molecule has 0 radical (unpaired) electrons. The molecule has 21 heavy (non-hydrogen) atoms. The van der Waals surface area contributed by atoms with E-state index in [0.29, 0.717) is 11.5 Å². The Balaban J connectivity index is 1.67. The average Bonchev–Trinajstić information content (AvgIpc) is 2.93. The fourth-order valence-electron chi connectivity index (χ4n) is 2.67. The molecule has 0 atom stereocenters. The number of piperidine rings is 1. The minimum absolute atomic E-state index is 0.0736. The van der Waals surface area contributed by atoms with Crippen molar-refractivity contribution in [3.63, 3.8) is 0 Å². The lowest BCUT2D eigenvalue weighted by Crippen LogP contribution is -2.26. The Bertz CT molecular complexity index is 615. The Morgan fingerprint density at radius 2 is 2.00 bits per heavy atom. The van der Waals surface area contributed by atoms with Crippen molar-refractivity contribution < 1.29 is 4.79 Å². The molecule has 1 aliphatic rings. The molecule has 1 aromatic carbocycles. The summed E-state index contributed by atoms with van der Waals surface area (Å²) >= 11 is 1.49. The lowest BCUT2D eigenvalue weighted by molar-refractivity contribution is 0.102. The minimum Gasteiger partial charge on any atom is -0.317 e. The van der Waals surface area contributed by atoms with Gasteiger partial charge in [-0.2, -0.15) is 0 Å². The number of carbonyl (C=O) groups is 1. The van der Waals surface area contributed by atoms with E-state index >= 15 is 0 Å². The minimum atomic E-state index is -0.0736. The van der Waals surface area contributed by atoms with Gasteiger partial charge in [0.05, 0.1) is 11.2 Å². The summed E-state index contributed by atoms with van der Waals surface area (Å²) in [6.45, 7) is 4.09. The molecule has 0 saturated carbocycles. The summed E-state index contributed by atoms with van der Waals surface area (Å²) in [6, 6.07) is 8.01. The largest absolute Gasteiger partial charge is 0.317 e. The molecule has 110 valence electrons. The van der Waals surface area contributed by atoms with E-state index in [0.717, 1.165) is 23.1 Å². The van der Waals surface area contributed by atoms with E-state index in [2.05, 4.69) is 27.8 Å². The van der Waals surface area contributed by atoms with E-state index in [4.69, 9.17) is 0 Å². The Morgan fingerprint density at radius 3 is 2.62 bits per heavy atom. The zero-order chi connectivity index (χ0) is 14.7. The van der Waals surface area contributed by atoms with Crippen LogP contribution in [0, 0.1) is 6.92 Å². The highest BCUT2D eigenvalue weighted by Crippen LogP contribution is 2.25. The summed E-state index contributed by atoms with van der Waals surface area (Å²) in [5.41, 5.74) is 2.03. The van der Waals surface area contributed by atoms with Crippen molar-refractivity contribution in [1.29, 1.82) is 0 Å². The summed E-state index contributed by atoms with van der Waals surface area (Å²) in [7, 11) is 0. The zero-order valence-corrected chi connectivity index (χ0v) is 12.9. The molecule has 1 fully saturated rings. The molecule has 0 aliphatic carbocycles. The highest BCUT2D eigenvalue weighted by Gasteiger charge is 2.15. The van der Waals surface area contributed by atoms with Gasteiger partial charge in [-0.3, -0.25) is 4.79 Å². The number of hydrogen-bond acceptors (Lipinski definition) is 4. The van der Waals surface area contributed by atoms with Crippen molar-refractivity contribution >= 4 is 22.2 Å². The van der Waals surface area contributed by atoms with Crippen LogP contribution in [-0.2, 0) is 0 Å². The smallest absolute Gasteiger partial charge is 0.256 e. The molecular formula is C16H19N3OS. The standard InChI is InChI=1S/C16H19N3OS/c1-11-18-10-15(21-11)19-16(20)14-4-2-12(3-5-14)13-6-8-17-9-7-13/h2-5,10,13,17H,6-9H2,1H3,(H,19,20). The summed E-state index contributed by atoms with van der Waals surface area (Å²) in [4.78, 5) is 16.3. The maximum Gasteiger partial charge on any atom is 0.256 e. The van der Waals surface area contributed by atoms with Crippen LogP contribution in [0.4, 0.5) is 5.00 Å². The summed E-state index contributed by atoms with van der Waals surface area (Å²) < 4.78 is 0. The molecule has 1 aliphatic heterocycles. The molecule has 2 heterocycles. The van der Waals surface area contributed by atoms with Gasteiger partial charge in [0.1, 0.15) is 5.00 Å². The number of aromatic nitrogens is 1.